The number of aromatic carboxylic acids is 1. The van der Waals surface area contributed by atoms with Crippen LogP contribution in [-0.2, 0) is 20.2 Å². The highest BCUT2D eigenvalue weighted by atomic mass is 32.2. The number of rotatable bonds is 6. The molecule has 1 aliphatic rings. The molecule has 12 nitrogen and oxygen atoms in total. The lowest BCUT2D eigenvalue weighted by Crippen LogP contribution is -2.31. The number of aliphatic hydroxyl groups excluding tert-OH is 1. The van der Waals surface area contributed by atoms with Crippen molar-refractivity contribution in [1.82, 2.24) is 4.72 Å². The SMILES string of the molecule is CCN(c1ccc(N2C=C(O)NS2(=O)=O)c(O)c1)S(=O)(=O)c1ccc(O)c(C(=O)O)c1. The molecule has 2 aromatic carbocycles. The van der Waals surface area contributed by atoms with Crippen molar-refractivity contribution in [2.24, 2.45) is 0 Å². The van der Waals surface area contributed by atoms with Gasteiger partial charge in [0.2, 0.25) is 5.88 Å². The molecule has 0 aliphatic carbocycles. The third-order valence-electron chi connectivity index (χ3n) is 4.29. The summed E-state index contributed by atoms with van der Waals surface area (Å²) in [6.45, 7) is 1.38. The van der Waals surface area contributed by atoms with Crippen LogP contribution < -0.4 is 13.3 Å². The number of carboxylic acids is 1. The zero-order chi connectivity index (χ0) is 23.1. The molecule has 1 heterocycles. The molecule has 0 aromatic heterocycles. The van der Waals surface area contributed by atoms with E-state index in [1.54, 1.807) is 0 Å². The second kappa shape index (κ2) is 7.55. The standard InChI is InChI=1S/C17H17N3O9S2/c1-2-19(30(26,27)11-4-6-14(21)12(8-11)17(24)25)10-3-5-13(15(22)7-10)20-9-16(23)18-31(20,28)29/h3-9,18,21-23H,2H2,1H3,(H,24,25). The Labute approximate surface area is 177 Å². The first kappa shape index (κ1) is 22.0. The van der Waals surface area contributed by atoms with Crippen molar-refractivity contribution in [2.45, 2.75) is 11.8 Å². The van der Waals surface area contributed by atoms with E-state index in [1.807, 2.05) is 4.72 Å². The number of phenols is 2. The zero-order valence-corrected chi connectivity index (χ0v) is 17.4. The summed E-state index contributed by atoms with van der Waals surface area (Å²) < 4.78 is 53.3. The fourth-order valence-electron chi connectivity index (χ4n) is 2.91. The molecule has 0 atom stereocenters. The molecular weight excluding hydrogens is 454 g/mol. The van der Waals surface area contributed by atoms with Crippen LogP contribution in [0.25, 0.3) is 0 Å². The van der Waals surface area contributed by atoms with Gasteiger partial charge < -0.3 is 20.4 Å². The molecule has 0 amide bonds. The molecule has 0 spiro atoms. The monoisotopic (exact) mass is 471 g/mol. The van der Waals surface area contributed by atoms with Gasteiger partial charge >= 0.3 is 16.2 Å². The first-order valence-electron chi connectivity index (χ1n) is 8.53. The summed E-state index contributed by atoms with van der Waals surface area (Å²) in [7, 11) is -8.47. The molecule has 0 bridgehead atoms. The van der Waals surface area contributed by atoms with Crippen LogP contribution in [0.2, 0.25) is 0 Å². The van der Waals surface area contributed by atoms with Crippen LogP contribution in [0.5, 0.6) is 11.5 Å². The summed E-state index contributed by atoms with van der Waals surface area (Å²) in [5.41, 5.74) is -0.883. The quantitative estimate of drug-likeness (QED) is 0.410. The van der Waals surface area contributed by atoms with Crippen molar-refractivity contribution in [3.8, 4) is 11.5 Å². The van der Waals surface area contributed by atoms with E-state index in [0.29, 0.717) is 4.31 Å². The molecule has 166 valence electrons. The normalized spacial score (nSPS) is 15.3. The lowest BCUT2D eigenvalue weighted by atomic mass is 10.2. The third kappa shape index (κ3) is 3.89. The number of hydrogen-bond acceptors (Lipinski definition) is 8. The maximum absolute atomic E-state index is 13.1. The van der Waals surface area contributed by atoms with Crippen molar-refractivity contribution >= 4 is 37.6 Å². The molecule has 0 saturated heterocycles. The molecule has 31 heavy (non-hydrogen) atoms. The minimum atomic E-state index is -4.31. The van der Waals surface area contributed by atoms with E-state index in [0.717, 1.165) is 40.8 Å². The highest BCUT2D eigenvalue weighted by Crippen LogP contribution is 2.36. The Balaban J connectivity index is 2.04. The molecule has 2 aromatic rings. The number of anilines is 2. The van der Waals surface area contributed by atoms with E-state index in [1.165, 1.54) is 13.0 Å². The number of phenolic OH excluding ortho intramolecular Hbond substituents is 1. The van der Waals surface area contributed by atoms with E-state index in [2.05, 4.69) is 0 Å². The number of benzene rings is 2. The number of nitrogens with one attached hydrogen (secondary N) is 1. The van der Waals surface area contributed by atoms with Crippen molar-refractivity contribution in [3.05, 3.63) is 54.0 Å². The number of carboxylic acid groups (broad SMARTS) is 1. The van der Waals surface area contributed by atoms with Gasteiger partial charge in [0, 0.05) is 12.6 Å². The topological polar surface area (TPSA) is 185 Å². The van der Waals surface area contributed by atoms with Gasteiger partial charge in [0.15, 0.2) is 0 Å². The Kier molecular flexibility index (Phi) is 5.37. The van der Waals surface area contributed by atoms with Gasteiger partial charge in [0.25, 0.3) is 10.0 Å². The lowest BCUT2D eigenvalue weighted by Gasteiger charge is -2.24. The van der Waals surface area contributed by atoms with E-state index >= 15 is 0 Å². The van der Waals surface area contributed by atoms with Crippen LogP contribution in [0.3, 0.4) is 0 Å². The fourth-order valence-corrected chi connectivity index (χ4v) is 5.47. The van der Waals surface area contributed by atoms with E-state index in [9.17, 15) is 36.9 Å². The van der Waals surface area contributed by atoms with E-state index in [-0.39, 0.29) is 17.9 Å². The zero-order valence-electron chi connectivity index (χ0n) is 15.8. The Morgan fingerprint density at radius 3 is 2.29 bits per heavy atom. The molecule has 0 unspecified atom stereocenters. The smallest absolute Gasteiger partial charge is 0.339 e. The van der Waals surface area contributed by atoms with Gasteiger partial charge in [-0.15, -0.1) is 0 Å². The number of hydrogen-bond donors (Lipinski definition) is 5. The first-order chi connectivity index (χ1) is 14.4. The Bertz CT molecular complexity index is 1300. The Morgan fingerprint density at radius 2 is 1.77 bits per heavy atom. The number of nitrogens with zero attached hydrogens (tertiary/aromatic N) is 2. The highest BCUT2D eigenvalue weighted by molar-refractivity contribution is 7.93. The lowest BCUT2D eigenvalue weighted by molar-refractivity contribution is 0.0693. The van der Waals surface area contributed by atoms with Crippen molar-refractivity contribution in [2.75, 3.05) is 15.2 Å². The maximum atomic E-state index is 13.1. The van der Waals surface area contributed by atoms with Crippen LogP contribution in [0, 0.1) is 0 Å². The second-order valence-electron chi connectivity index (χ2n) is 6.24. The highest BCUT2D eigenvalue weighted by Gasteiger charge is 2.32. The van der Waals surface area contributed by atoms with Crippen molar-refractivity contribution in [1.29, 1.82) is 0 Å². The summed E-state index contributed by atoms with van der Waals surface area (Å²) in [5.74, 6) is -3.38. The van der Waals surface area contributed by atoms with Gasteiger partial charge in [-0.3, -0.25) is 4.31 Å². The molecule has 3 rings (SSSR count). The van der Waals surface area contributed by atoms with Gasteiger partial charge in [-0.1, -0.05) is 0 Å². The summed E-state index contributed by atoms with van der Waals surface area (Å²) in [6, 6.07) is 6.15. The Morgan fingerprint density at radius 1 is 1.10 bits per heavy atom. The summed E-state index contributed by atoms with van der Waals surface area (Å²) in [6.07, 6.45) is 0.822. The molecule has 14 heteroatoms. The third-order valence-corrected chi connectivity index (χ3v) is 7.48. The van der Waals surface area contributed by atoms with Crippen LogP contribution in [-0.4, -0.2) is 49.8 Å². The van der Waals surface area contributed by atoms with Gasteiger partial charge in [0.05, 0.1) is 16.8 Å². The second-order valence-corrected chi connectivity index (χ2v) is 9.65. The largest absolute Gasteiger partial charge is 0.507 e. The predicted molar refractivity (Wildman–Crippen MR) is 109 cm³/mol. The van der Waals surface area contributed by atoms with Gasteiger partial charge in [-0.05, 0) is 37.3 Å². The van der Waals surface area contributed by atoms with Crippen LogP contribution >= 0.6 is 0 Å². The van der Waals surface area contributed by atoms with Gasteiger partial charge in [-0.2, -0.15) is 8.42 Å². The number of carbonyl (C=O) groups is 1. The van der Waals surface area contributed by atoms with Crippen molar-refractivity contribution in [3.63, 3.8) is 0 Å². The van der Waals surface area contributed by atoms with Crippen molar-refractivity contribution < 1.29 is 42.1 Å². The summed E-state index contributed by atoms with van der Waals surface area (Å²) in [5, 5.41) is 38.4. The summed E-state index contributed by atoms with van der Waals surface area (Å²) in [4.78, 5) is 10.8. The minimum Gasteiger partial charge on any atom is -0.507 e. The maximum Gasteiger partial charge on any atom is 0.339 e. The molecule has 0 radical (unpaired) electrons. The first-order valence-corrected chi connectivity index (χ1v) is 11.4. The molecule has 0 fully saturated rings. The fraction of sp³-hybridized carbons (Fsp3) is 0.118. The van der Waals surface area contributed by atoms with Crippen LogP contribution in [0.1, 0.15) is 17.3 Å². The molecule has 1 aliphatic heterocycles. The minimum absolute atomic E-state index is 0.0357. The number of aromatic hydroxyl groups is 2. The van der Waals surface area contributed by atoms with Gasteiger partial charge in [0.1, 0.15) is 22.7 Å². The average molecular weight is 471 g/mol. The summed E-state index contributed by atoms with van der Waals surface area (Å²) >= 11 is 0. The van der Waals surface area contributed by atoms with Gasteiger partial charge in [-0.25, -0.2) is 22.2 Å². The Hall–Kier alpha value is -3.65. The molecule has 5 N–H and O–H groups in total. The molecule has 0 saturated carbocycles. The average Bonchev–Trinajstić information content (AvgIpc) is 2.94. The van der Waals surface area contributed by atoms with Crippen LogP contribution in [0.4, 0.5) is 11.4 Å². The van der Waals surface area contributed by atoms with E-state index < -0.39 is 54.0 Å². The predicted octanol–water partition coefficient (Wildman–Crippen LogP) is 1.02. The number of aliphatic hydroxyl groups is 1. The van der Waals surface area contributed by atoms with E-state index in [4.69, 9.17) is 5.11 Å². The van der Waals surface area contributed by atoms with Crippen LogP contribution in [0.15, 0.2) is 53.4 Å². The number of sulfonamides is 1. The molecular formula is C17H17N3O9S2.